The Bertz CT molecular complexity index is 2410. The molecule has 4 aromatic carbocycles. The number of aromatic nitrogens is 1. The molecule has 2 N–H and O–H groups in total. The average molecular weight is 658 g/mol. The van der Waals surface area contributed by atoms with E-state index in [1.807, 2.05) is 47.1 Å². The van der Waals surface area contributed by atoms with E-state index in [0.29, 0.717) is 18.4 Å². The van der Waals surface area contributed by atoms with E-state index in [2.05, 4.69) is 54.1 Å². The highest BCUT2D eigenvalue weighted by molar-refractivity contribution is 7.86. The molecule has 0 spiro atoms. The van der Waals surface area contributed by atoms with Crippen molar-refractivity contribution in [2.45, 2.75) is 24.3 Å². The van der Waals surface area contributed by atoms with Crippen LogP contribution < -0.4 is 5.35 Å². The molecule has 46 heavy (non-hydrogen) atoms. The third-order valence-electron chi connectivity index (χ3n) is 7.72. The van der Waals surface area contributed by atoms with E-state index in [9.17, 15) is 17.8 Å². The molecule has 6 rings (SSSR count). The van der Waals surface area contributed by atoms with Crippen LogP contribution in [0.1, 0.15) is 18.4 Å². The Labute approximate surface area is 266 Å². The van der Waals surface area contributed by atoms with Crippen molar-refractivity contribution in [1.82, 2.24) is 4.57 Å². The van der Waals surface area contributed by atoms with E-state index in [-0.39, 0.29) is 11.3 Å². The number of carboxylic acids is 1. The minimum atomic E-state index is -4.41. The summed E-state index contributed by atoms with van der Waals surface area (Å²) in [6, 6.07) is 21.1. The first-order chi connectivity index (χ1) is 22.0. The maximum absolute atomic E-state index is 12.0. The Balaban J connectivity index is 0.000000985. The molecule has 0 fully saturated rings. The molecule has 0 atom stereocenters. The highest BCUT2D eigenvalue weighted by atomic mass is 32.2. The zero-order valence-corrected chi connectivity index (χ0v) is 26.2. The number of rotatable bonds is 9. The van der Waals surface area contributed by atoms with E-state index in [1.54, 1.807) is 18.2 Å². The summed E-state index contributed by atoms with van der Waals surface area (Å²) in [5.41, 5.74) is 4.33. The highest BCUT2D eigenvalue weighted by Gasteiger charge is 2.27. The highest BCUT2D eigenvalue weighted by Crippen LogP contribution is 2.34. The maximum Gasteiger partial charge on any atom is 0.425 e. The Morgan fingerprint density at radius 1 is 0.870 bits per heavy atom. The van der Waals surface area contributed by atoms with Crippen LogP contribution in [0.3, 0.4) is 0 Å². The molecule has 1 aromatic heterocycles. The third-order valence-corrected chi connectivity index (χ3v) is 8.63. The summed E-state index contributed by atoms with van der Waals surface area (Å²) < 4.78 is 63.4. The van der Waals surface area contributed by atoms with Crippen LogP contribution >= 0.6 is 0 Å². The van der Waals surface area contributed by atoms with Crippen molar-refractivity contribution in [3.63, 3.8) is 0 Å². The van der Waals surface area contributed by atoms with Crippen molar-refractivity contribution >= 4 is 76.6 Å². The normalized spacial score (nSPS) is 13.7. The molecule has 5 aromatic rings. The fourth-order valence-electron chi connectivity index (χ4n) is 5.92. The summed E-state index contributed by atoms with van der Waals surface area (Å²) in [5.74, 6) is -0.871. The quantitative estimate of drug-likeness (QED) is 0.128. The van der Waals surface area contributed by atoms with Gasteiger partial charge in [-0.2, -0.15) is 13.0 Å². The zero-order valence-electron chi connectivity index (χ0n) is 24.6. The van der Waals surface area contributed by atoms with Gasteiger partial charge in [0, 0.05) is 52.1 Å². The molecule has 0 amide bonds. The van der Waals surface area contributed by atoms with Gasteiger partial charge in [0.2, 0.25) is 11.4 Å². The number of aliphatic carboxylic acids is 1. The number of aryl methyl sites for hydroxylation is 1. The molecule has 0 unspecified atom stereocenters. The largest absolute Gasteiger partial charge is 0.481 e. The van der Waals surface area contributed by atoms with Crippen LogP contribution in [0.25, 0.3) is 38.5 Å². The van der Waals surface area contributed by atoms with E-state index in [0.717, 1.165) is 27.3 Å². The Morgan fingerprint density at radius 3 is 2.24 bits per heavy atom. The molecule has 234 valence electrons. The number of nitrogens with zero attached hydrogens (tertiary/aromatic N) is 2. The monoisotopic (exact) mass is 657 g/mol. The van der Waals surface area contributed by atoms with Crippen molar-refractivity contribution in [1.29, 1.82) is 0 Å². The molecule has 0 aliphatic carbocycles. The van der Waals surface area contributed by atoms with Crippen LogP contribution in [0.15, 0.2) is 108 Å². The van der Waals surface area contributed by atoms with Gasteiger partial charge < -0.3 is 9.67 Å². The third kappa shape index (κ3) is 6.59. The Hall–Kier alpha value is -5.17. The lowest BCUT2D eigenvalue weighted by Crippen LogP contribution is -2.17. The van der Waals surface area contributed by atoms with Gasteiger partial charge in [-0.3, -0.25) is 9.35 Å². The van der Waals surface area contributed by atoms with E-state index >= 15 is 0 Å². The summed E-state index contributed by atoms with van der Waals surface area (Å²) >= 11 is 0. The molecule has 10 nitrogen and oxygen atoms in total. The molecule has 0 saturated carbocycles. The van der Waals surface area contributed by atoms with Crippen molar-refractivity contribution in [3.8, 4) is 0 Å². The molecule has 0 saturated heterocycles. The maximum atomic E-state index is 12.0. The lowest BCUT2D eigenvalue weighted by Gasteiger charge is -2.07. The second kappa shape index (κ2) is 13.4. The second-order valence-electron chi connectivity index (χ2n) is 10.4. The fourth-order valence-corrected chi connectivity index (χ4v) is 6.61. The number of allylic oxidation sites excluding steroid dienone is 6. The zero-order chi connectivity index (χ0) is 33.0. The van der Waals surface area contributed by atoms with Crippen LogP contribution in [0.4, 0.5) is 5.69 Å². The summed E-state index contributed by atoms with van der Waals surface area (Å²) in [6.45, 7) is 0.445. The molecule has 0 radical (unpaired) electrons. The van der Waals surface area contributed by atoms with Gasteiger partial charge in [-0.1, -0.05) is 72.8 Å². The minimum absolute atomic E-state index is 0.0189. The smallest absolute Gasteiger partial charge is 0.425 e. The Morgan fingerprint density at radius 2 is 1.52 bits per heavy atom. The van der Waals surface area contributed by atoms with E-state index in [4.69, 9.17) is 17.7 Å². The van der Waals surface area contributed by atoms with Crippen LogP contribution in [-0.4, -0.2) is 58.6 Å². The lowest BCUT2D eigenvalue weighted by atomic mass is 10.0. The van der Waals surface area contributed by atoms with Crippen molar-refractivity contribution in [3.05, 3.63) is 114 Å². The van der Waals surface area contributed by atoms with Gasteiger partial charge in [-0.25, -0.2) is 0 Å². The van der Waals surface area contributed by atoms with Gasteiger partial charge in [0.05, 0.1) is 10.9 Å². The van der Waals surface area contributed by atoms with Crippen molar-refractivity contribution in [2.75, 3.05) is 7.05 Å². The average Bonchev–Trinajstić information content (AvgIpc) is 3.45. The first-order valence-electron chi connectivity index (χ1n) is 14.1. The lowest BCUT2D eigenvalue weighted by molar-refractivity contribution is -0.399. The molecule has 0 bridgehead atoms. The molecular weight excluding hydrogens is 629 g/mol. The number of carbonyl (C=O) groups is 1. The van der Waals surface area contributed by atoms with E-state index < -0.39 is 26.7 Å². The SMILES string of the molecule is C[N+]1=C(C=CC=CC=CC=c2c3cccc4c(S(=O)(=O)O)ccc(c43)n2CCCC(=O)O)c2cccc3cccc1c23.O=S(=O)=O. The topological polar surface area (TPSA) is 151 Å². The van der Waals surface area contributed by atoms with Gasteiger partial charge in [0.25, 0.3) is 10.1 Å². The first-order valence-corrected chi connectivity index (χ1v) is 16.6. The number of hydrogen-bond acceptors (Lipinski definition) is 6. The van der Waals surface area contributed by atoms with Crippen LogP contribution in [-0.2, 0) is 32.1 Å². The molecular formula is C34H29N2O8S2+. The number of carboxylic acid groups (broad SMARTS) is 1. The molecule has 1 aliphatic heterocycles. The first kappa shape index (κ1) is 32.2. The van der Waals surface area contributed by atoms with Crippen LogP contribution in [0.5, 0.6) is 0 Å². The van der Waals surface area contributed by atoms with Gasteiger partial charge in [0.15, 0.2) is 0 Å². The molecule has 12 heteroatoms. The minimum Gasteiger partial charge on any atom is -0.481 e. The van der Waals surface area contributed by atoms with Gasteiger partial charge in [0.1, 0.15) is 11.9 Å². The predicted molar refractivity (Wildman–Crippen MR) is 177 cm³/mol. The number of hydrogen-bond donors (Lipinski definition) is 2. The second-order valence-corrected chi connectivity index (χ2v) is 12.2. The Kier molecular flexibility index (Phi) is 9.42. The van der Waals surface area contributed by atoms with Crippen molar-refractivity contribution < 1.29 is 40.1 Å². The van der Waals surface area contributed by atoms with Crippen molar-refractivity contribution in [2.24, 2.45) is 0 Å². The predicted octanol–water partition coefficient (Wildman–Crippen LogP) is 5.00. The summed E-state index contributed by atoms with van der Waals surface area (Å²) in [5, 5.41) is 14.5. The summed E-state index contributed by atoms with van der Waals surface area (Å²) in [7, 11) is -5.45. The van der Waals surface area contributed by atoms with Crippen LogP contribution in [0.2, 0.25) is 0 Å². The molecule has 2 heterocycles. The molecule has 1 aliphatic rings. The van der Waals surface area contributed by atoms with E-state index in [1.165, 1.54) is 28.1 Å². The summed E-state index contributed by atoms with van der Waals surface area (Å²) in [6.07, 6.45) is 14.2. The van der Waals surface area contributed by atoms with Gasteiger partial charge in [-0.15, -0.1) is 12.6 Å². The van der Waals surface area contributed by atoms with Gasteiger partial charge >= 0.3 is 16.6 Å². The summed E-state index contributed by atoms with van der Waals surface area (Å²) in [4.78, 5) is 11.0. The standard InChI is InChI=1S/C34H28N2O5S.O3S/c1-35-27(24-13-7-11-23-12-8-18-29(35)33(23)24)16-5-3-2-4-6-17-28-25-14-9-15-26-31(42(39,40)41)21-20-30(34(25)26)36(28)22-10-19-32(37)38;1-4(2)3/h2-9,11-18,20-21H,10,19,22H2,1H3,(H-,37,38,39,40,41);/p+1. The fraction of sp³-hybridized carbons (Fsp3) is 0.118. The number of benzene rings is 4. The van der Waals surface area contributed by atoms with Crippen LogP contribution in [0, 0.1) is 0 Å². The van der Waals surface area contributed by atoms with Gasteiger partial charge in [-0.05, 0) is 36.1 Å².